The fourth-order valence-corrected chi connectivity index (χ4v) is 1.85. The lowest BCUT2D eigenvalue weighted by Gasteiger charge is -2.21. The highest BCUT2D eigenvalue weighted by Gasteiger charge is 2.09. The lowest BCUT2D eigenvalue weighted by molar-refractivity contribution is 0.0942. The largest absolute Gasteiger partial charge is 0.396 e. The van der Waals surface area contributed by atoms with Crippen LogP contribution in [0.15, 0.2) is 18.3 Å². The number of rotatable bonds is 8. The standard InChI is InChI=1S/C15H25N3O2/c1-4-8-18(5-2)14-7-6-13(10-16-14)15(20)17-9-12(3)11-19/h6-7,10,12,19H,4-5,8-9,11H2,1-3H3,(H,17,20). The molecule has 0 aliphatic heterocycles. The van der Waals surface area contributed by atoms with Crippen LogP contribution in [0.2, 0.25) is 0 Å². The molecule has 0 fully saturated rings. The third kappa shape index (κ3) is 4.81. The number of nitrogens with zero attached hydrogens (tertiary/aromatic N) is 2. The van der Waals surface area contributed by atoms with E-state index in [0.717, 1.165) is 25.3 Å². The Morgan fingerprint density at radius 3 is 2.70 bits per heavy atom. The monoisotopic (exact) mass is 279 g/mol. The Labute approximate surface area is 121 Å². The van der Waals surface area contributed by atoms with Crippen molar-refractivity contribution in [3.63, 3.8) is 0 Å². The molecule has 0 saturated heterocycles. The highest BCUT2D eigenvalue weighted by molar-refractivity contribution is 5.94. The van der Waals surface area contributed by atoms with Crippen molar-refractivity contribution in [3.05, 3.63) is 23.9 Å². The zero-order valence-electron chi connectivity index (χ0n) is 12.6. The number of aliphatic hydroxyl groups excluding tert-OH is 1. The Balaban J connectivity index is 2.63. The van der Waals surface area contributed by atoms with Crippen molar-refractivity contribution < 1.29 is 9.90 Å². The van der Waals surface area contributed by atoms with Crippen LogP contribution >= 0.6 is 0 Å². The molecule has 0 aliphatic rings. The number of aliphatic hydroxyl groups is 1. The van der Waals surface area contributed by atoms with Gasteiger partial charge < -0.3 is 15.3 Å². The van der Waals surface area contributed by atoms with Crippen LogP contribution < -0.4 is 10.2 Å². The van der Waals surface area contributed by atoms with Crippen molar-refractivity contribution in [2.45, 2.75) is 27.2 Å². The second-order valence-corrected chi connectivity index (χ2v) is 4.98. The van der Waals surface area contributed by atoms with E-state index in [4.69, 9.17) is 5.11 Å². The maximum Gasteiger partial charge on any atom is 0.252 e. The summed E-state index contributed by atoms with van der Waals surface area (Å²) in [6, 6.07) is 3.67. The minimum atomic E-state index is -0.150. The van der Waals surface area contributed by atoms with Crippen LogP contribution in [0.5, 0.6) is 0 Å². The summed E-state index contributed by atoms with van der Waals surface area (Å²) in [4.78, 5) is 18.4. The van der Waals surface area contributed by atoms with Crippen molar-refractivity contribution in [1.29, 1.82) is 0 Å². The van der Waals surface area contributed by atoms with E-state index >= 15 is 0 Å². The molecule has 5 nitrogen and oxygen atoms in total. The zero-order valence-corrected chi connectivity index (χ0v) is 12.6. The molecular weight excluding hydrogens is 254 g/mol. The van der Waals surface area contributed by atoms with E-state index in [9.17, 15) is 4.79 Å². The summed E-state index contributed by atoms with van der Waals surface area (Å²) in [7, 11) is 0. The van der Waals surface area contributed by atoms with Crippen LogP contribution in [-0.2, 0) is 0 Å². The average Bonchev–Trinajstić information content (AvgIpc) is 2.50. The first-order chi connectivity index (χ1) is 9.62. The summed E-state index contributed by atoms with van der Waals surface area (Å²) in [5, 5.41) is 11.7. The van der Waals surface area contributed by atoms with Gasteiger partial charge >= 0.3 is 0 Å². The lowest BCUT2D eigenvalue weighted by atomic mass is 10.2. The van der Waals surface area contributed by atoms with Crippen LogP contribution in [0.25, 0.3) is 0 Å². The van der Waals surface area contributed by atoms with Crippen LogP contribution in [-0.4, -0.2) is 42.2 Å². The number of carbonyl (C=O) groups excluding carboxylic acids is 1. The molecule has 1 amide bonds. The van der Waals surface area contributed by atoms with Gasteiger partial charge in [-0.15, -0.1) is 0 Å². The van der Waals surface area contributed by atoms with Gasteiger partial charge in [0.25, 0.3) is 5.91 Å². The molecule has 1 heterocycles. The van der Waals surface area contributed by atoms with Crippen molar-refractivity contribution in [1.82, 2.24) is 10.3 Å². The van der Waals surface area contributed by atoms with Gasteiger partial charge in [-0.05, 0) is 31.4 Å². The smallest absolute Gasteiger partial charge is 0.252 e. The van der Waals surface area contributed by atoms with E-state index in [0.29, 0.717) is 12.1 Å². The predicted octanol–water partition coefficient (Wildman–Crippen LogP) is 1.68. The fourth-order valence-electron chi connectivity index (χ4n) is 1.85. The number of pyridine rings is 1. The Bertz CT molecular complexity index is 406. The number of nitrogens with one attached hydrogen (secondary N) is 1. The Morgan fingerprint density at radius 1 is 1.45 bits per heavy atom. The van der Waals surface area contributed by atoms with Gasteiger partial charge in [-0.25, -0.2) is 4.98 Å². The molecule has 0 saturated carbocycles. The van der Waals surface area contributed by atoms with Crippen molar-refractivity contribution in [2.75, 3.05) is 31.1 Å². The molecule has 0 spiro atoms. The second-order valence-electron chi connectivity index (χ2n) is 4.98. The van der Waals surface area contributed by atoms with Crippen molar-refractivity contribution in [2.24, 2.45) is 5.92 Å². The molecule has 1 atom stereocenters. The Morgan fingerprint density at radius 2 is 2.20 bits per heavy atom. The van der Waals surface area contributed by atoms with Crippen LogP contribution in [0.1, 0.15) is 37.6 Å². The number of aromatic nitrogens is 1. The third-order valence-corrected chi connectivity index (χ3v) is 3.13. The summed E-state index contributed by atoms with van der Waals surface area (Å²) in [6.45, 7) is 8.50. The maximum atomic E-state index is 11.9. The van der Waals surface area contributed by atoms with E-state index in [1.54, 1.807) is 12.3 Å². The molecule has 20 heavy (non-hydrogen) atoms. The fraction of sp³-hybridized carbons (Fsp3) is 0.600. The summed E-state index contributed by atoms with van der Waals surface area (Å²) in [5.74, 6) is 0.809. The minimum Gasteiger partial charge on any atom is -0.396 e. The highest BCUT2D eigenvalue weighted by Crippen LogP contribution is 2.11. The number of hydrogen-bond donors (Lipinski definition) is 2. The van der Waals surface area contributed by atoms with Gasteiger partial charge in [0.05, 0.1) is 5.56 Å². The molecule has 0 bridgehead atoms. The van der Waals surface area contributed by atoms with Gasteiger partial charge in [0.1, 0.15) is 5.82 Å². The van der Waals surface area contributed by atoms with Gasteiger partial charge in [0, 0.05) is 32.4 Å². The molecule has 1 rings (SSSR count). The highest BCUT2D eigenvalue weighted by atomic mass is 16.3. The van der Waals surface area contributed by atoms with Crippen LogP contribution in [0, 0.1) is 5.92 Å². The molecule has 1 unspecified atom stereocenters. The van der Waals surface area contributed by atoms with E-state index in [2.05, 4.69) is 29.0 Å². The van der Waals surface area contributed by atoms with Crippen molar-refractivity contribution >= 4 is 11.7 Å². The molecule has 2 N–H and O–H groups in total. The zero-order chi connectivity index (χ0) is 15.0. The normalized spacial score (nSPS) is 12.0. The topological polar surface area (TPSA) is 65.5 Å². The van der Waals surface area contributed by atoms with Gasteiger partial charge in [0.2, 0.25) is 0 Å². The van der Waals surface area contributed by atoms with Gasteiger partial charge in [0.15, 0.2) is 0 Å². The van der Waals surface area contributed by atoms with Crippen LogP contribution in [0.3, 0.4) is 0 Å². The molecule has 0 aromatic carbocycles. The Hall–Kier alpha value is -1.62. The number of amides is 1. The second kappa shape index (κ2) is 8.53. The SMILES string of the molecule is CCCN(CC)c1ccc(C(=O)NCC(C)CO)cn1. The summed E-state index contributed by atoms with van der Waals surface area (Å²) < 4.78 is 0. The van der Waals surface area contributed by atoms with Gasteiger partial charge in [-0.2, -0.15) is 0 Å². The molecule has 1 aromatic rings. The summed E-state index contributed by atoms with van der Waals surface area (Å²) in [5.41, 5.74) is 0.548. The van der Waals surface area contributed by atoms with E-state index < -0.39 is 0 Å². The van der Waals surface area contributed by atoms with E-state index in [1.807, 2.05) is 13.0 Å². The first-order valence-corrected chi connectivity index (χ1v) is 7.22. The van der Waals surface area contributed by atoms with Gasteiger partial charge in [-0.3, -0.25) is 4.79 Å². The van der Waals surface area contributed by atoms with Crippen LogP contribution in [0.4, 0.5) is 5.82 Å². The number of anilines is 1. The molecular formula is C15H25N3O2. The number of carbonyl (C=O) groups is 1. The first kappa shape index (κ1) is 16.4. The average molecular weight is 279 g/mol. The first-order valence-electron chi connectivity index (χ1n) is 7.22. The minimum absolute atomic E-state index is 0.0614. The summed E-state index contributed by atoms with van der Waals surface area (Å²) in [6.07, 6.45) is 2.67. The predicted molar refractivity (Wildman–Crippen MR) is 81.0 cm³/mol. The quantitative estimate of drug-likeness (QED) is 0.760. The van der Waals surface area contributed by atoms with Gasteiger partial charge in [-0.1, -0.05) is 13.8 Å². The Kier molecular flexibility index (Phi) is 7.01. The molecule has 5 heteroatoms. The molecule has 0 aliphatic carbocycles. The lowest BCUT2D eigenvalue weighted by Crippen LogP contribution is -2.30. The summed E-state index contributed by atoms with van der Waals surface area (Å²) >= 11 is 0. The molecule has 1 aromatic heterocycles. The molecule has 112 valence electrons. The number of hydrogen-bond acceptors (Lipinski definition) is 4. The van der Waals surface area contributed by atoms with E-state index in [1.165, 1.54) is 0 Å². The third-order valence-electron chi connectivity index (χ3n) is 3.13. The van der Waals surface area contributed by atoms with Crippen molar-refractivity contribution in [3.8, 4) is 0 Å². The maximum absolute atomic E-state index is 11.9. The molecule has 0 radical (unpaired) electrons. The van der Waals surface area contributed by atoms with E-state index in [-0.39, 0.29) is 18.4 Å².